The summed E-state index contributed by atoms with van der Waals surface area (Å²) in [4.78, 5) is 13.2. The van der Waals surface area contributed by atoms with E-state index in [0.29, 0.717) is 5.69 Å². The molecule has 0 aromatic carbocycles. The smallest absolute Gasteiger partial charge is 0.397 e. The van der Waals surface area contributed by atoms with Crippen LogP contribution in [0.4, 0.5) is 18.9 Å². The summed E-state index contributed by atoms with van der Waals surface area (Å²) in [6.45, 7) is 1.88. The number of nitrogen functional groups attached to an aromatic ring is 1. The first kappa shape index (κ1) is 14.7. The summed E-state index contributed by atoms with van der Waals surface area (Å²) >= 11 is 0. The predicted octanol–water partition coefficient (Wildman–Crippen LogP) is 2.82. The van der Waals surface area contributed by atoms with Crippen LogP contribution in [0, 0.1) is 0 Å². The van der Waals surface area contributed by atoms with Crippen LogP contribution in [0.1, 0.15) is 43.2 Å². The molecule has 7 heteroatoms. The number of hydrogen-bond donors (Lipinski definition) is 1. The minimum atomic E-state index is -4.41. The van der Waals surface area contributed by atoms with Gasteiger partial charge in [-0.25, -0.2) is 0 Å². The molecule has 0 saturated heterocycles. The van der Waals surface area contributed by atoms with Crippen molar-refractivity contribution in [1.82, 2.24) is 9.47 Å². The van der Waals surface area contributed by atoms with Gasteiger partial charge in [-0.3, -0.25) is 4.79 Å². The van der Waals surface area contributed by atoms with Crippen LogP contribution in [-0.2, 0) is 0 Å². The molecule has 1 saturated carbocycles. The number of halogens is 3. The van der Waals surface area contributed by atoms with Gasteiger partial charge in [-0.2, -0.15) is 13.2 Å². The zero-order valence-corrected chi connectivity index (χ0v) is 11.4. The lowest BCUT2D eigenvalue weighted by Crippen LogP contribution is -2.43. The number of nitrogens with two attached hydrogens (primary N) is 1. The summed E-state index contributed by atoms with van der Waals surface area (Å²) in [5.41, 5.74) is 6.31. The van der Waals surface area contributed by atoms with E-state index >= 15 is 0 Å². The van der Waals surface area contributed by atoms with Gasteiger partial charge in [0.2, 0.25) is 0 Å². The van der Waals surface area contributed by atoms with Crippen molar-refractivity contribution in [1.29, 1.82) is 0 Å². The maximum Gasteiger partial charge on any atom is 0.406 e. The monoisotopic (exact) mass is 289 g/mol. The van der Waals surface area contributed by atoms with E-state index in [-0.39, 0.29) is 11.7 Å². The summed E-state index contributed by atoms with van der Waals surface area (Å²) < 4.78 is 39.5. The second-order valence-corrected chi connectivity index (χ2v) is 5.44. The number of carbonyl (C=O) groups is 1. The summed E-state index contributed by atoms with van der Waals surface area (Å²) in [5, 5.41) is 0. The minimum absolute atomic E-state index is 0.186. The molecule has 0 bridgehead atoms. The maximum atomic E-state index is 12.6. The van der Waals surface area contributed by atoms with E-state index < -0.39 is 24.7 Å². The minimum Gasteiger partial charge on any atom is -0.397 e. The topological polar surface area (TPSA) is 51.3 Å². The molecular weight excluding hydrogens is 271 g/mol. The van der Waals surface area contributed by atoms with Crippen molar-refractivity contribution < 1.29 is 18.0 Å². The first-order chi connectivity index (χ1) is 9.19. The van der Waals surface area contributed by atoms with E-state index in [9.17, 15) is 18.0 Å². The standard InChI is InChI=1S/C13H18F3N3O/c1-8(2)19(7-13(14,15)16)12(20)11-5-9(17)6-18(11)10-3-4-10/h5-6,8,10H,3-4,7,17H2,1-2H3. The van der Waals surface area contributed by atoms with Crippen LogP contribution in [0.25, 0.3) is 0 Å². The van der Waals surface area contributed by atoms with Crippen LogP contribution in [0.3, 0.4) is 0 Å². The van der Waals surface area contributed by atoms with Gasteiger partial charge in [0.15, 0.2) is 0 Å². The van der Waals surface area contributed by atoms with E-state index in [0.717, 1.165) is 17.7 Å². The number of hydrogen-bond acceptors (Lipinski definition) is 2. The highest BCUT2D eigenvalue weighted by Gasteiger charge is 2.36. The van der Waals surface area contributed by atoms with Crippen LogP contribution >= 0.6 is 0 Å². The van der Waals surface area contributed by atoms with Gasteiger partial charge in [0.05, 0.1) is 5.69 Å². The number of alkyl halides is 3. The molecule has 1 aliphatic carbocycles. The molecule has 1 fully saturated rings. The normalized spacial score (nSPS) is 15.7. The van der Waals surface area contributed by atoms with Crippen molar-refractivity contribution in [3.05, 3.63) is 18.0 Å². The molecule has 1 heterocycles. The number of amides is 1. The number of carbonyl (C=O) groups excluding carboxylic acids is 1. The van der Waals surface area contributed by atoms with Crippen molar-refractivity contribution in [3.8, 4) is 0 Å². The van der Waals surface area contributed by atoms with Gasteiger partial charge in [0, 0.05) is 18.3 Å². The SMILES string of the molecule is CC(C)N(CC(F)(F)F)C(=O)c1cc(N)cn1C1CC1. The molecule has 1 aromatic heterocycles. The number of aromatic nitrogens is 1. The molecule has 1 amide bonds. The molecular formula is C13H18F3N3O. The lowest BCUT2D eigenvalue weighted by molar-refractivity contribution is -0.143. The highest BCUT2D eigenvalue weighted by Crippen LogP contribution is 2.37. The van der Waals surface area contributed by atoms with E-state index in [2.05, 4.69) is 0 Å². The number of anilines is 1. The van der Waals surface area contributed by atoms with E-state index in [4.69, 9.17) is 5.73 Å². The molecule has 4 nitrogen and oxygen atoms in total. The Balaban J connectivity index is 2.27. The van der Waals surface area contributed by atoms with Crippen LogP contribution < -0.4 is 5.73 Å². The predicted molar refractivity (Wildman–Crippen MR) is 69.3 cm³/mol. The third-order valence-electron chi connectivity index (χ3n) is 3.26. The van der Waals surface area contributed by atoms with Crippen molar-refractivity contribution in [2.75, 3.05) is 12.3 Å². The maximum absolute atomic E-state index is 12.6. The second kappa shape index (κ2) is 5.03. The summed E-state index contributed by atoms with van der Waals surface area (Å²) in [6, 6.07) is 1.10. The first-order valence-corrected chi connectivity index (χ1v) is 6.54. The highest BCUT2D eigenvalue weighted by atomic mass is 19.4. The lowest BCUT2D eigenvalue weighted by atomic mass is 10.2. The molecule has 0 radical (unpaired) electrons. The summed E-state index contributed by atoms with van der Waals surface area (Å²) in [5.74, 6) is -0.624. The Kier molecular flexibility index (Phi) is 3.71. The Morgan fingerprint density at radius 3 is 2.55 bits per heavy atom. The van der Waals surface area contributed by atoms with E-state index in [1.165, 1.54) is 6.07 Å². The quantitative estimate of drug-likeness (QED) is 0.926. The van der Waals surface area contributed by atoms with Gasteiger partial charge < -0.3 is 15.2 Å². The summed E-state index contributed by atoms with van der Waals surface area (Å²) in [6.07, 6.45) is -0.940. The zero-order valence-electron chi connectivity index (χ0n) is 11.4. The zero-order chi connectivity index (χ0) is 15.1. The third-order valence-corrected chi connectivity index (χ3v) is 3.26. The summed E-state index contributed by atoms with van der Waals surface area (Å²) in [7, 11) is 0. The first-order valence-electron chi connectivity index (χ1n) is 6.54. The van der Waals surface area contributed by atoms with Crippen molar-refractivity contribution in [2.24, 2.45) is 0 Å². The van der Waals surface area contributed by atoms with E-state index in [1.54, 1.807) is 24.6 Å². The van der Waals surface area contributed by atoms with Crippen LogP contribution in [0.5, 0.6) is 0 Å². The largest absolute Gasteiger partial charge is 0.406 e. The molecule has 1 aromatic rings. The van der Waals surface area contributed by atoms with Gasteiger partial charge in [-0.1, -0.05) is 0 Å². The molecule has 0 spiro atoms. The second-order valence-electron chi connectivity index (χ2n) is 5.44. The molecule has 20 heavy (non-hydrogen) atoms. The third kappa shape index (κ3) is 3.26. The fourth-order valence-electron chi connectivity index (χ4n) is 2.16. The van der Waals surface area contributed by atoms with Gasteiger partial charge in [0.1, 0.15) is 12.2 Å². The molecule has 0 aliphatic heterocycles. The Labute approximate surface area is 115 Å². The van der Waals surface area contributed by atoms with Gasteiger partial charge in [-0.15, -0.1) is 0 Å². The number of nitrogens with zero attached hydrogens (tertiary/aromatic N) is 2. The molecule has 0 unspecified atom stereocenters. The average Bonchev–Trinajstić information content (AvgIpc) is 3.07. The van der Waals surface area contributed by atoms with Crippen molar-refractivity contribution >= 4 is 11.6 Å². The van der Waals surface area contributed by atoms with Crippen LogP contribution in [0.15, 0.2) is 12.3 Å². The molecule has 112 valence electrons. The van der Waals surface area contributed by atoms with E-state index in [1.807, 2.05) is 0 Å². The van der Waals surface area contributed by atoms with Crippen LogP contribution in [-0.4, -0.2) is 34.1 Å². The van der Waals surface area contributed by atoms with Gasteiger partial charge in [-0.05, 0) is 32.8 Å². The molecule has 0 atom stereocenters. The number of rotatable bonds is 4. The Morgan fingerprint density at radius 1 is 1.50 bits per heavy atom. The van der Waals surface area contributed by atoms with Gasteiger partial charge in [0.25, 0.3) is 5.91 Å². The van der Waals surface area contributed by atoms with Crippen molar-refractivity contribution in [2.45, 2.75) is 44.9 Å². The lowest BCUT2D eigenvalue weighted by Gasteiger charge is -2.28. The van der Waals surface area contributed by atoms with Gasteiger partial charge >= 0.3 is 6.18 Å². The molecule has 1 aliphatic rings. The Bertz CT molecular complexity index is 503. The highest BCUT2D eigenvalue weighted by molar-refractivity contribution is 5.94. The average molecular weight is 289 g/mol. The molecule has 2 N–H and O–H groups in total. The Hall–Kier alpha value is -1.66. The fraction of sp³-hybridized carbons (Fsp3) is 0.615. The van der Waals surface area contributed by atoms with Crippen LogP contribution in [0.2, 0.25) is 0 Å². The Morgan fingerprint density at radius 2 is 2.10 bits per heavy atom. The van der Waals surface area contributed by atoms with Crippen molar-refractivity contribution in [3.63, 3.8) is 0 Å². The molecule has 2 rings (SSSR count). The fourth-order valence-corrected chi connectivity index (χ4v) is 2.16.